The van der Waals surface area contributed by atoms with E-state index in [1.807, 2.05) is 23.9 Å². The third-order valence-electron chi connectivity index (χ3n) is 3.25. The third-order valence-corrected chi connectivity index (χ3v) is 4.88. The molecule has 0 aliphatic rings. The van der Waals surface area contributed by atoms with E-state index in [0.29, 0.717) is 21.3 Å². The lowest BCUT2D eigenvalue weighted by Gasteiger charge is -2.11. The molecule has 0 spiro atoms. The van der Waals surface area contributed by atoms with Gasteiger partial charge in [-0.25, -0.2) is 4.98 Å². The van der Waals surface area contributed by atoms with E-state index in [-0.39, 0.29) is 5.91 Å². The number of benzene rings is 2. The highest BCUT2D eigenvalue weighted by molar-refractivity contribution is 7.99. The average Bonchev–Trinajstić information content (AvgIpc) is 2.95. The van der Waals surface area contributed by atoms with Gasteiger partial charge in [0.25, 0.3) is 5.91 Å². The van der Waals surface area contributed by atoms with E-state index in [0.717, 1.165) is 10.1 Å². The van der Waals surface area contributed by atoms with Crippen molar-refractivity contribution in [3.8, 4) is 0 Å². The number of carbonyl (C=O) groups excluding carboxylic acids is 1. The molecule has 1 N–H and O–H groups in total. The van der Waals surface area contributed by atoms with Crippen molar-refractivity contribution < 1.29 is 4.79 Å². The molecule has 1 heterocycles. The summed E-state index contributed by atoms with van der Waals surface area (Å²) in [5.74, 6) is -0.249. The second kappa shape index (κ2) is 7.30. The number of hydrogen-bond donors (Lipinski definition) is 1. The number of anilines is 1. The fourth-order valence-corrected chi connectivity index (χ4v) is 3.30. The van der Waals surface area contributed by atoms with Crippen molar-refractivity contribution in [3.05, 3.63) is 70.5 Å². The lowest BCUT2D eigenvalue weighted by Crippen LogP contribution is -2.12. The molecule has 1 amide bonds. The van der Waals surface area contributed by atoms with Gasteiger partial charge in [-0.1, -0.05) is 29.3 Å². The molecule has 1 aromatic heterocycles. The lowest BCUT2D eigenvalue weighted by atomic mass is 10.2. The molecule has 0 atom stereocenters. The Balaban J connectivity index is 1.88. The summed E-state index contributed by atoms with van der Waals surface area (Å²) in [6, 6.07) is 12.1. The monoisotopic (exact) mass is 377 g/mol. The number of halogens is 2. The Morgan fingerprint density at radius 2 is 1.96 bits per heavy atom. The van der Waals surface area contributed by atoms with Gasteiger partial charge < -0.3 is 9.88 Å². The van der Waals surface area contributed by atoms with E-state index in [2.05, 4.69) is 10.3 Å². The molecule has 24 heavy (non-hydrogen) atoms. The molecule has 0 unspecified atom stereocenters. The smallest absolute Gasteiger partial charge is 0.255 e. The first-order valence-electron chi connectivity index (χ1n) is 7.04. The summed E-state index contributed by atoms with van der Waals surface area (Å²) in [4.78, 5) is 17.6. The maximum absolute atomic E-state index is 12.5. The number of imidazole rings is 1. The Morgan fingerprint density at radius 3 is 2.67 bits per heavy atom. The van der Waals surface area contributed by atoms with Crippen LogP contribution in [0.1, 0.15) is 10.4 Å². The number of hydrogen-bond acceptors (Lipinski definition) is 3. The van der Waals surface area contributed by atoms with Crippen LogP contribution in [0.3, 0.4) is 0 Å². The molecule has 122 valence electrons. The number of aromatic nitrogens is 2. The second-order valence-electron chi connectivity index (χ2n) is 5.03. The Labute approximate surface area is 153 Å². The molecule has 0 aliphatic heterocycles. The molecule has 2 aromatic carbocycles. The van der Waals surface area contributed by atoms with Crippen LogP contribution in [-0.2, 0) is 7.05 Å². The Kier molecular flexibility index (Phi) is 5.14. The summed E-state index contributed by atoms with van der Waals surface area (Å²) in [7, 11) is 1.91. The molecular weight excluding hydrogens is 365 g/mol. The van der Waals surface area contributed by atoms with Gasteiger partial charge >= 0.3 is 0 Å². The van der Waals surface area contributed by atoms with Gasteiger partial charge in [-0.2, -0.15) is 0 Å². The summed E-state index contributed by atoms with van der Waals surface area (Å²) < 4.78 is 1.90. The number of nitrogens with zero attached hydrogens (tertiary/aromatic N) is 2. The standard InChI is InChI=1S/C17H13Cl2N3OS/c1-22-8-7-20-17(22)24-15-6-5-13(19)10-14(15)21-16(23)11-3-2-4-12(18)9-11/h2-10H,1H3,(H,21,23). The molecule has 4 nitrogen and oxygen atoms in total. The molecule has 0 aliphatic carbocycles. The minimum Gasteiger partial charge on any atom is -0.329 e. The molecular formula is C17H13Cl2N3OS. The predicted octanol–water partition coefficient (Wildman–Crippen LogP) is 5.13. The summed E-state index contributed by atoms with van der Waals surface area (Å²) in [6.45, 7) is 0. The average molecular weight is 378 g/mol. The molecule has 7 heteroatoms. The molecule has 0 fully saturated rings. The van der Waals surface area contributed by atoms with E-state index in [1.54, 1.807) is 42.6 Å². The minimum atomic E-state index is -0.249. The first-order valence-corrected chi connectivity index (χ1v) is 8.62. The maximum Gasteiger partial charge on any atom is 0.255 e. The first-order chi connectivity index (χ1) is 11.5. The highest BCUT2D eigenvalue weighted by atomic mass is 35.5. The SMILES string of the molecule is Cn1ccnc1Sc1ccc(Cl)cc1NC(=O)c1cccc(Cl)c1. The first kappa shape index (κ1) is 16.9. The van der Waals surface area contributed by atoms with E-state index in [4.69, 9.17) is 23.2 Å². The van der Waals surface area contributed by atoms with Crippen LogP contribution in [-0.4, -0.2) is 15.5 Å². The van der Waals surface area contributed by atoms with Gasteiger partial charge in [-0.15, -0.1) is 0 Å². The van der Waals surface area contributed by atoms with Gasteiger partial charge in [-0.05, 0) is 48.2 Å². The largest absolute Gasteiger partial charge is 0.329 e. The normalized spacial score (nSPS) is 10.6. The summed E-state index contributed by atoms with van der Waals surface area (Å²) in [6.07, 6.45) is 3.59. The van der Waals surface area contributed by atoms with Crippen molar-refractivity contribution in [3.63, 3.8) is 0 Å². The number of amides is 1. The van der Waals surface area contributed by atoms with E-state index in [1.165, 1.54) is 11.8 Å². The van der Waals surface area contributed by atoms with Gasteiger partial charge in [0.05, 0.1) is 5.69 Å². The number of aryl methyl sites for hydroxylation is 1. The van der Waals surface area contributed by atoms with Gasteiger partial charge in [0.2, 0.25) is 0 Å². The van der Waals surface area contributed by atoms with Crippen LogP contribution >= 0.6 is 35.0 Å². The quantitative estimate of drug-likeness (QED) is 0.685. The van der Waals surface area contributed by atoms with Crippen molar-refractivity contribution in [1.29, 1.82) is 0 Å². The Morgan fingerprint density at radius 1 is 1.17 bits per heavy atom. The molecule has 3 rings (SSSR count). The van der Waals surface area contributed by atoms with Crippen molar-refractivity contribution in [2.75, 3.05) is 5.32 Å². The zero-order valence-corrected chi connectivity index (χ0v) is 15.0. The van der Waals surface area contributed by atoms with E-state index >= 15 is 0 Å². The fraction of sp³-hybridized carbons (Fsp3) is 0.0588. The van der Waals surface area contributed by atoms with Crippen molar-refractivity contribution in [1.82, 2.24) is 9.55 Å². The van der Waals surface area contributed by atoms with Crippen molar-refractivity contribution in [2.45, 2.75) is 10.1 Å². The van der Waals surface area contributed by atoms with Crippen LogP contribution in [0.2, 0.25) is 10.0 Å². The predicted molar refractivity (Wildman–Crippen MR) is 98.2 cm³/mol. The third kappa shape index (κ3) is 3.93. The van der Waals surface area contributed by atoms with Crippen LogP contribution in [0, 0.1) is 0 Å². The zero-order valence-electron chi connectivity index (χ0n) is 12.7. The Hall–Kier alpha value is -1.95. The topological polar surface area (TPSA) is 46.9 Å². The highest BCUT2D eigenvalue weighted by Gasteiger charge is 2.13. The molecule has 0 radical (unpaired) electrons. The van der Waals surface area contributed by atoms with Gasteiger partial charge in [0.1, 0.15) is 0 Å². The molecule has 0 saturated heterocycles. The van der Waals surface area contributed by atoms with Crippen molar-refractivity contribution >= 4 is 46.6 Å². The van der Waals surface area contributed by atoms with Crippen LogP contribution < -0.4 is 5.32 Å². The van der Waals surface area contributed by atoms with Crippen LogP contribution in [0.25, 0.3) is 0 Å². The fourth-order valence-electron chi connectivity index (χ4n) is 2.06. The van der Waals surface area contributed by atoms with Crippen LogP contribution in [0.15, 0.2) is 64.9 Å². The van der Waals surface area contributed by atoms with Crippen LogP contribution in [0.4, 0.5) is 5.69 Å². The van der Waals surface area contributed by atoms with Crippen LogP contribution in [0.5, 0.6) is 0 Å². The minimum absolute atomic E-state index is 0.249. The number of rotatable bonds is 4. The second-order valence-corrected chi connectivity index (χ2v) is 6.91. The van der Waals surface area contributed by atoms with Gasteiger partial charge in [-0.3, -0.25) is 4.79 Å². The lowest BCUT2D eigenvalue weighted by molar-refractivity contribution is 0.102. The maximum atomic E-state index is 12.5. The molecule has 0 saturated carbocycles. The highest BCUT2D eigenvalue weighted by Crippen LogP contribution is 2.34. The number of carbonyl (C=O) groups is 1. The van der Waals surface area contributed by atoms with E-state index < -0.39 is 0 Å². The molecule has 3 aromatic rings. The van der Waals surface area contributed by atoms with Gasteiger partial charge in [0, 0.05) is 39.9 Å². The van der Waals surface area contributed by atoms with Crippen molar-refractivity contribution in [2.24, 2.45) is 7.05 Å². The Bertz CT molecular complexity index is 895. The molecule has 0 bridgehead atoms. The summed E-state index contributed by atoms with van der Waals surface area (Å²) in [5.41, 5.74) is 1.11. The van der Waals surface area contributed by atoms with E-state index in [9.17, 15) is 4.79 Å². The summed E-state index contributed by atoms with van der Waals surface area (Å²) >= 11 is 13.5. The van der Waals surface area contributed by atoms with Gasteiger partial charge in [0.15, 0.2) is 5.16 Å². The summed E-state index contributed by atoms with van der Waals surface area (Å²) in [5, 5.41) is 4.75. The zero-order chi connectivity index (χ0) is 17.1. The number of nitrogens with one attached hydrogen (secondary N) is 1.